The maximum atomic E-state index is 13.5. The van der Waals surface area contributed by atoms with Gasteiger partial charge in [-0.3, -0.25) is 28.8 Å². The SMILES string of the molecule is C.COC(=O)C[C@H](NC(=O)[C@@H](CC(C)C)n1ccccc1=O)c1cccc(-c2ccccc2C)c1.Cc1ccccc1-c1cccc([C@H](CC(=O)O)NC(=O)[C@@H](CC(C)C)n2ccccc2=O)c1. The Morgan fingerprint density at radius 3 is 1.32 bits per heavy atom. The molecule has 0 spiro atoms. The average Bonchev–Trinajstić information content (AvgIpc) is 3.30. The second-order valence-electron chi connectivity index (χ2n) is 17.6. The van der Waals surface area contributed by atoms with Crippen LogP contribution in [0.5, 0.6) is 0 Å². The van der Waals surface area contributed by atoms with Crippen LogP contribution in [-0.2, 0) is 23.9 Å². The number of ether oxygens (including phenoxy) is 1. The summed E-state index contributed by atoms with van der Waals surface area (Å²) >= 11 is 0. The number of aliphatic carboxylic acids is 1. The monoisotopic (exact) mass is 922 g/mol. The summed E-state index contributed by atoms with van der Waals surface area (Å²) in [6, 6.07) is 38.3. The molecule has 0 bridgehead atoms. The number of carbonyl (C=O) groups is 4. The highest BCUT2D eigenvalue weighted by molar-refractivity contribution is 5.83. The average molecular weight is 923 g/mol. The molecule has 68 heavy (non-hydrogen) atoms. The van der Waals surface area contributed by atoms with Crippen molar-refractivity contribution in [3.05, 3.63) is 189 Å². The summed E-state index contributed by atoms with van der Waals surface area (Å²) in [5, 5.41) is 15.5. The molecule has 0 unspecified atom stereocenters. The molecule has 358 valence electrons. The van der Waals surface area contributed by atoms with E-state index < -0.39 is 36.1 Å². The van der Waals surface area contributed by atoms with Gasteiger partial charge < -0.3 is 29.6 Å². The van der Waals surface area contributed by atoms with Gasteiger partial charge in [0.25, 0.3) is 11.1 Å². The van der Waals surface area contributed by atoms with Crippen molar-refractivity contribution < 1.29 is 29.0 Å². The molecule has 0 aliphatic heterocycles. The fourth-order valence-electron chi connectivity index (χ4n) is 8.09. The third-order valence-corrected chi connectivity index (χ3v) is 11.5. The van der Waals surface area contributed by atoms with Crippen LogP contribution in [0, 0.1) is 25.7 Å². The van der Waals surface area contributed by atoms with Gasteiger partial charge in [0.2, 0.25) is 11.8 Å². The highest BCUT2D eigenvalue weighted by atomic mass is 16.5. The van der Waals surface area contributed by atoms with Crippen LogP contribution in [0.3, 0.4) is 0 Å². The lowest BCUT2D eigenvalue weighted by atomic mass is 9.95. The zero-order chi connectivity index (χ0) is 48.6. The van der Waals surface area contributed by atoms with E-state index in [0.29, 0.717) is 18.4 Å². The number of carboxylic acids is 1. The summed E-state index contributed by atoms with van der Waals surface area (Å²) in [4.78, 5) is 75.6. The summed E-state index contributed by atoms with van der Waals surface area (Å²) in [5.74, 6) is -1.77. The van der Waals surface area contributed by atoms with Gasteiger partial charge in [-0.25, -0.2) is 0 Å². The lowest BCUT2D eigenvalue weighted by Crippen LogP contribution is -2.40. The molecule has 6 aromatic rings. The molecule has 0 aliphatic rings. The number of benzene rings is 4. The Kier molecular flexibility index (Phi) is 20.0. The van der Waals surface area contributed by atoms with E-state index in [0.717, 1.165) is 38.9 Å². The van der Waals surface area contributed by atoms with Crippen LogP contribution >= 0.6 is 0 Å². The highest BCUT2D eigenvalue weighted by Crippen LogP contribution is 2.30. The van der Waals surface area contributed by atoms with Gasteiger partial charge in [0.05, 0.1) is 32.0 Å². The minimum atomic E-state index is -1.01. The number of aromatic nitrogens is 2. The van der Waals surface area contributed by atoms with Crippen LogP contribution in [0.4, 0.5) is 0 Å². The zero-order valence-corrected chi connectivity index (χ0v) is 39.3. The smallest absolute Gasteiger partial charge is 0.307 e. The molecular weight excluding hydrogens is 857 g/mol. The molecule has 0 saturated carbocycles. The molecule has 6 rings (SSSR count). The number of aryl methyl sites for hydroxylation is 2. The van der Waals surface area contributed by atoms with Gasteiger partial charge in [-0.05, 0) is 107 Å². The van der Waals surface area contributed by atoms with E-state index in [-0.39, 0.29) is 55.0 Å². The number of nitrogens with zero attached hydrogens (tertiary/aromatic N) is 2. The molecule has 0 saturated heterocycles. The molecule has 0 aliphatic carbocycles. The molecule has 0 fully saturated rings. The Bertz CT molecular complexity index is 2760. The predicted molar refractivity (Wildman–Crippen MR) is 269 cm³/mol. The van der Waals surface area contributed by atoms with Gasteiger partial charge in [0, 0.05) is 24.5 Å². The van der Waals surface area contributed by atoms with Gasteiger partial charge >= 0.3 is 11.9 Å². The first kappa shape index (κ1) is 53.3. The van der Waals surface area contributed by atoms with E-state index in [1.54, 1.807) is 36.7 Å². The van der Waals surface area contributed by atoms with Crippen molar-refractivity contribution in [1.82, 2.24) is 19.8 Å². The van der Waals surface area contributed by atoms with Crippen LogP contribution in [0.25, 0.3) is 22.3 Å². The number of hydrogen-bond donors (Lipinski definition) is 3. The predicted octanol–water partition coefficient (Wildman–Crippen LogP) is 10.2. The number of methoxy groups -OCH3 is 1. The van der Waals surface area contributed by atoms with Gasteiger partial charge in [-0.15, -0.1) is 0 Å². The van der Waals surface area contributed by atoms with Gasteiger partial charge in [0.1, 0.15) is 12.1 Å². The quantitative estimate of drug-likeness (QED) is 0.0717. The summed E-state index contributed by atoms with van der Waals surface area (Å²) in [6.45, 7) is 12.0. The van der Waals surface area contributed by atoms with E-state index in [1.165, 1.54) is 28.4 Å². The number of esters is 1. The topological polar surface area (TPSA) is 166 Å². The largest absolute Gasteiger partial charge is 0.481 e. The molecule has 0 radical (unpaired) electrons. The Labute approximate surface area is 400 Å². The van der Waals surface area contributed by atoms with Crippen molar-refractivity contribution in [2.45, 2.75) is 98.8 Å². The summed E-state index contributed by atoms with van der Waals surface area (Å²) in [5.41, 5.74) is 7.31. The first-order valence-electron chi connectivity index (χ1n) is 22.6. The molecule has 4 aromatic carbocycles. The Morgan fingerprint density at radius 2 is 0.956 bits per heavy atom. The van der Waals surface area contributed by atoms with Gasteiger partial charge in [-0.2, -0.15) is 0 Å². The van der Waals surface area contributed by atoms with Crippen molar-refractivity contribution >= 4 is 23.8 Å². The maximum Gasteiger partial charge on any atom is 0.307 e. The molecule has 2 aromatic heterocycles. The third kappa shape index (κ3) is 14.8. The van der Waals surface area contributed by atoms with Crippen molar-refractivity contribution in [2.24, 2.45) is 11.8 Å². The van der Waals surface area contributed by atoms with Crippen molar-refractivity contribution in [3.8, 4) is 22.3 Å². The highest BCUT2D eigenvalue weighted by Gasteiger charge is 2.29. The fraction of sp³-hybridized carbons (Fsp3) is 0.321. The minimum Gasteiger partial charge on any atom is -0.481 e. The zero-order valence-electron chi connectivity index (χ0n) is 39.3. The molecule has 3 N–H and O–H groups in total. The van der Waals surface area contributed by atoms with E-state index >= 15 is 0 Å². The minimum absolute atomic E-state index is 0. The third-order valence-electron chi connectivity index (χ3n) is 11.5. The van der Waals surface area contributed by atoms with Crippen molar-refractivity contribution in [2.75, 3.05) is 7.11 Å². The molecule has 12 nitrogen and oxygen atoms in total. The standard InChI is InChI=1S/C28H32N2O4.C27H30N2O4.CH4/c1-19(2)16-25(30-15-8-7-14-26(30)31)28(33)29-24(18-27(32)34-4)22-12-9-11-21(17-22)23-13-6-5-10-20(23)3;1-18(2)15-24(29-14-7-6-13-25(29)30)27(33)28-23(17-26(31)32)21-11-8-10-20(16-21)22-12-5-4-9-19(22)3;/h5-15,17,19,24-25H,16,18H2,1-4H3,(H,29,33);4-14,16,18,23-24H,15,17H2,1-3H3,(H,28,33)(H,31,32);1H4/t24-,25+;23-,24+;/m00./s1. The second-order valence-corrected chi connectivity index (χ2v) is 17.6. The van der Waals surface area contributed by atoms with Crippen LogP contribution in [0.1, 0.15) is 107 Å². The summed E-state index contributed by atoms with van der Waals surface area (Å²) < 4.78 is 7.77. The second kappa shape index (κ2) is 25.5. The number of pyridine rings is 2. The normalized spacial score (nSPS) is 12.6. The molecule has 4 atom stereocenters. The van der Waals surface area contributed by atoms with E-state index in [1.807, 2.05) is 139 Å². The van der Waals surface area contributed by atoms with Crippen LogP contribution < -0.4 is 21.8 Å². The van der Waals surface area contributed by atoms with Crippen molar-refractivity contribution in [3.63, 3.8) is 0 Å². The Morgan fingerprint density at radius 1 is 0.559 bits per heavy atom. The number of rotatable bonds is 18. The number of nitrogens with one attached hydrogen (secondary N) is 2. The molecule has 2 heterocycles. The number of amides is 2. The first-order chi connectivity index (χ1) is 32.1. The summed E-state index contributed by atoms with van der Waals surface area (Å²) in [6.07, 6.45) is 3.89. The lowest BCUT2D eigenvalue weighted by molar-refractivity contribution is -0.142. The van der Waals surface area contributed by atoms with Crippen molar-refractivity contribution in [1.29, 1.82) is 0 Å². The van der Waals surface area contributed by atoms with Crippen LogP contribution in [-0.4, -0.2) is 45.1 Å². The molecule has 12 heteroatoms. The maximum absolute atomic E-state index is 13.5. The fourth-order valence-corrected chi connectivity index (χ4v) is 8.09. The number of hydrogen-bond acceptors (Lipinski definition) is 7. The first-order valence-corrected chi connectivity index (χ1v) is 22.6. The van der Waals surface area contributed by atoms with Crippen LogP contribution in [0.2, 0.25) is 0 Å². The van der Waals surface area contributed by atoms with E-state index in [2.05, 4.69) is 10.6 Å². The Hall–Kier alpha value is -7.34. The van der Waals surface area contributed by atoms with Gasteiger partial charge in [-0.1, -0.05) is 132 Å². The van der Waals surface area contributed by atoms with Crippen LogP contribution in [0.15, 0.2) is 155 Å². The molecule has 2 amide bonds. The Balaban J connectivity index is 0.000000292. The molecular formula is C56H66N4O8. The lowest BCUT2D eigenvalue weighted by Gasteiger charge is -2.25. The summed E-state index contributed by atoms with van der Waals surface area (Å²) in [7, 11) is 1.33. The number of carbonyl (C=O) groups excluding carboxylic acids is 3. The van der Waals surface area contributed by atoms with E-state index in [9.17, 15) is 33.9 Å². The number of carboxylic acid groups (broad SMARTS) is 1. The van der Waals surface area contributed by atoms with Gasteiger partial charge in [0.15, 0.2) is 0 Å². The van der Waals surface area contributed by atoms with E-state index in [4.69, 9.17) is 4.74 Å².